The van der Waals surface area contributed by atoms with Gasteiger partial charge in [-0.15, -0.1) is 11.6 Å². The Morgan fingerprint density at radius 2 is 1.64 bits per heavy atom. The third-order valence-electron chi connectivity index (χ3n) is 3.89. The second-order valence-corrected chi connectivity index (χ2v) is 6.17. The van der Waals surface area contributed by atoms with E-state index in [2.05, 4.69) is 6.07 Å². The molecule has 3 heteroatoms. The molecule has 0 amide bonds. The summed E-state index contributed by atoms with van der Waals surface area (Å²) in [6.07, 6.45) is 7.11. The number of phenolic OH excluding ortho intramolecular Hbond substituents is 1. The van der Waals surface area contributed by atoms with Crippen LogP contribution in [0.15, 0.2) is 30.3 Å². The molecule has 0 aromatic heterocycles. The molecule has 22 heavy (non-hydrogen) atoms. The van der Waals surface area contributed by atoms with Gasteiger partial charge in [0.15, 0.2) is 0 Å². The number of aromatic hydroxyl groups is 1. The number of benzene rings is 2. The molecule has 0 unspecified atom stereocenters. The van der Waals surface area contributed by atoms with E-state index < -0.39 is 0 Å². The highest BCUT2D eigenvalue weighted by atomic mass is 35.5. The van der Waals surface area contributed by atoms with Gasteiger partial charge in [-0.05, 0) is 38.0 Å². The Morgan fingerprint density at radius 1 is 0.909 bits per heavy atom. The van der Waals surface area contributed by atoms with Gasteiger partial charge in [0.1, 0.15) is 11.5 Å². The molecule has 0 bridgehead atoms. The van der Waals surface area contributed by atoms with Crippen LogP contribution in [0.4, 0.5) is 0 Å². The molecule has 2 rings (SSSR count). The molecule has 0 saturated heterocycles. The second-order valence-electron chi connectivity index (χ2n) is 5.79. The SMILES string of the molecule is Cc1ccc2c(O)ccc(OCCCCCCCCCl)c2c1. The summed E-state index contributed by atoms with van der Waals surface area (Å²) >= 11 is 5.66. The summed E-state index contributed by atoms with van der Waals surface area (Å²) in [5.41, 5.74) is 1.17. The number of ether oxygens (including phenoxy) is 1. The van der Waals surface area contributed by atoms with Crippen molar-refractivity contribution < 1.29 is 9.84 Å². The summed E-state index contributed by atoms with van der Waals surface area (Å²) in [6, 6.07) is 9.59. The van der Waals surface area contributed by atoms with Crippen molar-refractivity contribution in [1.82, 2.24) is 0 Å². The number of phenols is 1. The predicted molar refractivity (Wildman–Crippen MR) is 94.3 cm³/mol. The Labute approximate surface area is 138 Å². The minimum absolute atomic E-state index is 0.307. The number of fused-ring (bicyclic) bond motifs is 1. The molecule has 0 fully saturated rings. The number of aryl methyl sites for hydroxylation is 1. The molecule has 0 spiro atoms. The average molecular weight is 321 g/mol. The number of rotatable bonds is 9. The smallest absolute Gasteiger partial charge is 0.127 e. The lowest BCUT2D eigenvalue weighted by Gasteiger charge is -2.11. The van der Waals surface area contributed by atoms with Crippen LogP contribution in [0, 0.1) is 6.92 Å². The number of hydrogen-bond donors (Lipinski definition) is 1. The highest BCUT2D eigenvalue weighted by Crippen LogP contribution is 2.33. The molecule has 1 N–H and O–H groups in total. The standard InChI is InChI=1S/C19H25ClO2/c1-15-8-9-16-17(14-15)19(11-10-18(16)21)22-13-7-5-3-2-4-6-12-20/h8-11,14,21H,2-7,12-13H2,1H3. The molecule has 2 nitrogen and oxygen atoms in total. The zero-order valence-corrected chi connectivity index (χ0v) is 14.0. The number of unbranched alkanes of at least 4 members (excludes halogenated alkanes) is 5. The lowest BCUT2D eigenvalue weighted by Crippen LogP contribution is -1.98. The first-order valence-corrected chi connectivity index (χ1v) is 8.67. The summed E-state index contributed by atoms with van der Waals surface area (Å²) in [7, 11) is 0. The van der Waals surface area contributed by atoms with Gasteiger partial charge < -0.3 is 9.84 Å². The summed E-state index contributed by atoms with van der Waals surface area (Å²) in [5.74, 6) is 1.94. The summed E-state index contributed by atoms with van der Waals surface area (Å²) < 4.78 is 5.92. The molecule has 0 heterocycles. The maximum Gasteiger partial charge on any atom is 0.127 e. The maximum atomic E-state index is 9.93. The zero-order valence-electron chi connectivity index (χ0n) is 13.3. The van der Waals surface area contributed by atoms with Gasteiger partial charge in [-0.1, -0.05) is 43.4 Å². The quantitative estimate of drug-likeness (QED) is 0.466. The van der Waals surface area contributed by atoms with Crippen LogP contribution in [0.25, 0.3) is 10.8 Å². The van der Waals surface area contributed by atoms with Crippen LogP contribution >= 0.6 is 11.6 Å². The highest BCUT2D eigenvalue weighted by molar-refractivity contribution is 6.17. The largest absolute Gasteiger partial charge is 0.507 e. The molecule has 0 aliphatic heterocycles. The molecule has 0 aliphatic carbocycles. The molecule has 120 valence electrons. The van der Waals surface area contributed by atoms with Crippen molar-refractivity contribution in [3.05, 3.63) is 35.9 Å². The van der Waals surface area contributed by atoms with Gasteiger partial charge in [0.2, 0.25) is 0 Å². The van der Waals surface area contributed by atoms with E-state index in [0.29, 0.717) is 5.75 Å². The first-order chi connectivity index (χ1) is 10.7. The van der Waals surface area contributed by atoms with Crippen LogP contribution in [0.2, 0.25) is 0 Å². The fourth-order valence-electron chi connectivity index (χ4n) is 2.63. The molecule has 2 aromatic rings. The van der Waals surface area contributed by atoms with Crippen molar-refractivity contribution in [3.63, 3.8) is 0 Å². The lowest BCUT2D eigenvalue weighted by molar-refractivity contribution is 0.307. The fraction of sp³-hybridized carbons (Fsp3) is 0.474. The van der Waals surface area contributed by atoms with Crippen molar-refractivity contribution in [2.45, 2.75) is 45.4 Å². The van der Waals surface area contributed by atoms with Crippen molar-refractivity contribution in [1.29, 1.82) is 0 Å². The minimum atomic E-state index is 0.307. The topological polar surface area (TPSA) is 29.5 Å². The van der Waals surface area contributed by atoms with Crippen LogP contribution in [-0.4, -0.2) is 17.6 Å². The molecule has 0 aliphatic rings. The third kappa shape index (κ3) is 4.81. The van der Waals surface area contributed by atoms with E-state index in [-0.39, 0.29) is 0 Å². The summed E-state index contributed by atoms with van der Waals surface area (Å²) in [4.78, 5) is 0. The zero-order chi connectivity index (χ0) is 15.8. The van der Waals surface area contributed by atoms with Crippen molar-refractivity contribution in [2.75, 3.05) is 12.5 Å². The van der Waals surface area contributed by atoms with Gasteiger partial charge in [-0.2, -0.15) is 0 Å². The van der Waals surface area contributed by atoms with Crippen LogP contribution in [0.1, 0.15) is 44.1 Å². The lowest BCUT2D eigenvalue weighted by atomic mass is 10.1. The Hall–Kier alpha value is -1.41. The van der Waals surface area contributed by atoms with E-state index in [0.717, 1.165) is 41.9 Å². The van der Waals surface area contributed by atoms with E-state index in [1.807, 2.05) is 25.1 Å². The van der Waals surface area contributed by atoms with E-state index in [1.54, 1.807) is 6.07 Å². The molecule has 0 radical (unpaired) electrons. The number of alkyl halides is 1. The van der Waals surface area contributed by atoms with Crippen molar-refractivity contribution in [3.8, 4) is 11.5 Å². The van der Waals surface area contributed by atoms with E-state index >= 15 is 0 Å². The van der Waals surface area contributed by atoms with E-state index in [4.69, 9.17) is 16.3 Å². The second kappa shape index (κ2) is 8.89. The van der Waals surface area contributed by atoms with Crippen molar-refractivity contribution >= 4 is 22.4 Å². The summed E-state index contributed by atoms with van der Waals surface area (Å²) in [6.45, 7) is 2.78. The molecule has 0 atom stereocenters. The molecular weight excluding hydrogens is 296 g/mol. The van der Waals surface area contributed by atoms with Crippen LogP contribution in [0.3, 0.4) is 0 Å². The molecule has 2 aromatic carbocycles. The maximum absolute atomic E-state index is 9.93. The third-order valence-corrected chi connectivity index (χ3v) is 4.16. The van der Waals surface area contributed by atoms with Crippen molar-refractivity contribution in [2.24, 2.45) is 0 Å². The fourth-order valence-corrected chi connectivity index (χ4v) is 2.82. The minimum Gasteiger partial charge on any atom is -0.507 e. The highest BCUT2D eigenvalue weighted by Gasteiger charge is 2.06. The molecular formula is C19H25ClO2. The van der Waals surface area contributed by atoms with E-state index in [1.165, 1.54) is 31.2 Å². The van der Waals surface area contributed by atoms with Gasteiger partial charge in [0.05, 0.1) is 6.61 Å². The van der Waals surface area contributed by atoms with Crippen LogP contribution in [0.5, 0.6) is 11.5 Å². The Bertz CT molecular complexity index is 595. The van der Waals surface area contributed by atoms with Gasteiger partial charge in [-0.3, -0.25) is 0 Å². The first-order valence-electron chi connectivity index (χ1n) is 8.13. The predicted octanol–water partition coefficient (Wildman–Crippen LogP) is 5.81. The van der Waals surface area contributed by atoms with Gasteiger partial charge in [0, 0.05) is 16.7 Å². The first kappa shape index (κ1) is 17.0. The van der Waals surface area contributed by atoms with Gasteiger partial charge in [-0.25, -0.2) is 0 Å². The average Bonchev–Trinajstić information content (AvgIpc) is 2.52. The van der Waals surface area contributed by atoms with E-state index in [9.17, 15) is 5.11 Å². The Morgan fingerprint density at radius 3 is 2.41 bits per heavy atom. The number of halogens is 1. The van der Waals surface area contributed by atoms with Gasteiger partial charge >= 0.3 is 0 Å². The van der Waals surface area contributed by atoms with Crippen LogP contribution in [-0.2, 0) is 0 Å². The number of hydrogen-bond acceptors (Lipinski definition) is 2. The summed E-state index contributed by atoms with van der Waals surface area (Å²) in [5, 5.41) is 11.8. The Balaban J connectivity index is 1.84. The molecule has 0 saturated carbocycles. The van der Waals surface area contributed by atoms with Gasteiger partial charge in [0.25, 0.3) is 0 Å². The monoisotopic (exact) mass is 320 g/mol. The Kier molecular flexibility index (Phi) is 6.85. The normalized spacial score (nSPS) is 11.0. The van der Waals surface area contributed by atoms with Crippen LogP contribution < -0.4 is 4.74 Å².